The van der Waals surface area contributed by atoms with Gasteiger partial charge in [-0.25, -0.2) is 4.79 Å². The van der Waals surface area contributed by atoms with E-state index in [1.807, 2.05) is 5.32 Å². The summed E-state index contributed by atoms with van der Waals surface area (Å²) in [5.74, 6) is -1.99. The number of nitrogens with one attached hydrogen (secondary N) is 1. The lowest BCUT2D eigenvalue weighted by atomic mass is 10.0. The zero-order valence-electron chi connectivity index (χ0n) is 9.68. The lowest BCUT2D eigenvalue weighted by molar-refractivity contribution is -0.206. The first kappa shape index (κ1) is 16.3. The van der Waals surface area contributed by atoms with Crippen LogP contribution in [0.3, 0.4) is 0 Å². The molecule has 1 atom stereocenters. The van der Waals surface area contributed by atoms with E-state index in [1.54, 1.807) is 6.07 Å². The van der Waals surface area contributed by atoms with Gasteiger partial charge in [0.1, 0.15) is 0 Å². The number of carboxylic acid groups (broad SMARTS) is 1. The normalized spacial score (nSPS) is 15.1. The highest BCUT2D eigenvalue weighted by Gasteiger charge is 2.57. The average Bonchev–Trinajstić information content (AvgIpc) is 2.25. The quantitative estimate of drug-likeness (QED) is 0.862. The smallest absolute Gasteiger partial charge is 0.417 e. The Bertz CT molecular complexity index is 495. The predicted octanol–water partition coefficient (Wildman–Crippen LogP) is 3.60. The first-order valence-electron chi connectivity index (χ1n) is 5.07. The number of carbonyl (C=O) groups is 1. The van der Waals surface area contributed by atoms with E-state index in [-0.39, 0.29) is 11.6 Å². The molecule has 106 valence electrons. The molecule has 1 rings (SSSR count). The number of hydrogen-bond donors (Lipinski definition) is 2. The first-order chi connectivity index (χ1) is 8.58. The molecule has 1 unspecified atom stereocenters. The maximum atomic E-state index is 12.7. The summed E-state index contributed by atoms with van der Waals surface area (Å²) in [6.07, 6.45) is -4.92. The maximum absolute atomic E-state index is 12.7. The van der Waals surface area contributed by atoms with Crippen LogP contribution in [0.1, 0.15) is 12.5 Å². The molecular weight excluding hydrogens is 350 g/mol. The summed E-state index contributed by atoms with van der Waals surface area (Å²) in [6.45, 7) is 0.260. The van der Waals surface area contributed by atoms with Crippen LogP contribution in [-0.2, 0) is 11.3 Å². The van der Waals surface area contributed by atoms with Gasteiger partial charge < -0.3 is 5.11 Å². The lowest BCUT2D eigenvalue weighted by Crippen LogP contribution is -2.59. The van der Waals surface area contributed by atoms with E-state index in [2.05, 4.69) is 15.9 Å². The molecule has 1 aromatic carbocycles. The highest BCUT2D eigenvalue weighted by molar-refractivity contribution is 9.10. The van der Waals surface area contributed by atoms with Crippen molar-refractivity contribution >= 4 is 33.5 Å². The highest BCUT2D eigenvalue weighted by Crippen LogP contribution is 2.31. The molecule has 3 nitrogen and oxygen atoms in total. The van der Waals surface area contributed by atoms with Crippen LogP contribution in [0.4, 0.5) is 13.2 Å². The number of benzene rings is 1. The second-order valence-corrected chi connectivity index (χ2v) is 5.34. The summed E-state index contributed by atoms with van der Waals surface area (Å²) in [6, 6.07) is 4.64. The van der Waals surface area contributed by atoms with E-state index in [0.717, 1.165) is 0 Å². The molecular formula is C11H10BrClF3NO2. The average molecular weight is 361 g/mol. The summed E-state index contributed by atoms with van der Waals surface area (Å²) >= 11 is 9.02. The Labute approximate surface area is 120 Å². The van der Waals surface area contributed by atoms with Crippen molar-refractivity contribution in [1.29, 1.82) is 0 Å². The fourth-order valence-electron chi connectivity index (χ4n) is 1.23. The Balaban J connectivity index is 2.92. The summed E-state index contributed by atoms with van der Waals surface area (Å²) in [7, 11) is 0. The van der Waals surface area contributed by atoms with Gasteiger partial charge in [-0.1, -0.05) is 33.6 Å². The van der Waals surface area contributed by atoms with Crippen LogP contribution in [0.5, 0.6) is 0 Å². The topological polar surface area (TPSA) is 49.3 Å². The fourth-order valence-corrected chi connectivity index (χ4v) is 1.97. The predicted molar refractivity (Wildman–Crippen MR) is 68.1 cm³/mol. The van der Waals surface area contributed by atoms with Gasteiger partial charge in [0.2, 0.25) is 5.54 Å². The molecule has 1 aromatic rings. The number of carboxylic acids is 1. The van der Waals surface area contributed by atoms with Gasteiger partial charge in [0.25, 0.3) is 0 Å². The fraction of sp³-hybridized carbons (Fsp3) is 0.364. The molecule has 19 heavy (non-hydrogen) atoms. The van der Waals surface area contributed by atoms with Crippen LogP contribution >= 0.6 is 27.5 Å². The number of alkyl halides is 3. The first-order valence-corrected chi connectivity index (χ1v) is 6.24. The van der Waals surface area contributed by atoms with Crippen molar-refractivity contribution in [2.24, 2.45) is 0 Å². The minimum absolute atomic E-state index is 0.247. The Morgan fingerprint density at radius 2 is 2.05 bits per heavy atom. The second kappa shape index (κ2) is 5.68. The van der Waals surface area contributed by atoms with E-state index in [0.29, 0.717) is 17.0 Å². The van der Waals surface area contributed by atoms with Gasteiger partial charge >= 0.3 is 12.1 Å². The highest BCUT2D eigenvalue weighted by atomic mass is 79.9. The molecule has 0 heterocycles. The molecule has 0 saturated carbocycles. The minimum atomic E-state index is -4.92. The molecule has 0 aliphatic carbocycles. The summed E-state index contributed by atoms with van der Waals surface area (Å²) < 4.78 is 38.9. The van der Waals surface area contributed by atoms with Crippen molar-refractivity contribution in [3.05, 3.63) is 33.3 Å². The van der Waals surface area contributed by atoms with Crippen molar-refractivity contribution in [1.82, 2.24) is 5.32 Å². The standard InChI is InChI=1S/C11H10BrClF3NO2/c1-10(9(18)19,11(14,15)16)17-5-6-2-3-7(12)4-8(6)13/h2-4,17H,5H2,1H3,(H,18,19). The van der Waals surface area contributed by atoms with E-state index in [1.165, 1.54) is 12.1 Å². The van der Waals surface area contributed by atoms with Crippen molar-refractivity contribution in [3.8, 4) is 0 Å². The second-order valence-electron chi connectivity index (χ2n) is 4.02. The van der Waals surface area contributed by atoms with Crippen LogP contribution < -0.4 is 5.32 Å². The van der Waals surface area contributed by atoms with Gasteiger partial charge in [0, 0.05) is 16.0 Å². The summed E-state index contributed by atoms with van der Waals surface area (Å²) in [4.78, 5) is 10.8. The van der Waals surface area contributed by atoms with Gasteiger partial charge in [0.15, 0.2) is 0 Å². The molecule has 2 N–H and O–H groups in total. The zero-order valence-corrected chi connectivity index (χ0v) is 12.0. The number of aliphatic carboxylic acids is 1. The Morgan fingerprint density at radius 3 is 2.47 bits per heavy atom. The van der Waals surface area contributed by atoms with Gasteiger partial charge in [-0.3, -0.25) is 5.32 Å². The number of hydrogen-bond acceptors (Lipinski definition) is 2. The van der Waals surface area contributed by atoms with Crippen LogP contribution in [0.15, 0.2) is 22.7 Å². The van der Waals surface area contributed by atoms with Crippen LogP contribution in [0, 0.1) is 0 Å². The summed E-state index contributed by atoms with van der Waals surface area (Å²) in [5, 5.41) is 11.0. The van der Waals surface area contributed by atoms with Gasteiger partial charge in [-0.2, -0.15) is 13.2 Å². The Kier molecular flexibility index (Phi) is 4.86. The summed E-state index contributed by atoms with van der Waals surface area (Å²) in [5.41, 5.74) is -2.65. The third-order valence-electron chi connectivity index (χ3n) is 2.64. The van der Waals surface area contributed by atoms with Crippen molar-refractivity contribution in [3.63, 3.8) is 0 Å². The van der Waals surface area contributed by atoms with Crippen molar-refractivity contribution < 1.29 is 23.1 Å². The monoisotopic (exact) mass is 359 g/mol. The Morgan fingerprint density at radius 1 is 1.47 bits per heavy atom. The van der Waals surface area contributed by atoms with Crippen LogP contribution in [0.25, 0.3) is 0 Å². The largest absolute Gasteiger partial charge is 0.480 e. The molecule has 0 aromatic heterocycles. The molecule has 0 bridgehead atoms. The molecule has 0 radical (unpaired) electrons. The molecule has 0 aliphatic rings. The van der Waals surface area contributed by atoms with Crippen molar-refractivity contribution in [2.75, 3.05) is 0 Å². The van der Waals surface area contributed by atoms with Crippen LogP contribution in [-0.4, -0.2) is 22.8 Å². The van der Waals surface area contributed by atoms with Gasteiger partial charge in [0.05, 0.1) is 0 Å². The third-order valence-corrected chi connectivity index (χ3v) is 3.49. The SMILES string of the molecule is CC(NCc1ccc(Br)cc1Cl)(C(=O)O)C(F)(F)F. The van der Waals surface area contributed by atoms with Crippen molar-refractivity contribution in [2.45, 2.75) is 25.2 Å². The molecule has 0 amide bonds. The minimum Gasteiger partial charge on any atom is -0.480 e. The van der Waals surface area contributed by atoms with Crippen LogP contribution in [0.2, 0.25) is 5.02 Å². The molecule has 0 saturated heterocycles. The van der Waals surface area contributed by atoms with E-state index in [4.69, 9.17) is 16.7 Å². The number of halogens is 5. The number of rotatable bonds is 4. The lowest BCUT2D eigenvalue weighted by Gasteiger charge is -2.28. The van der Waals surface area contributed by atoms with Gasteiger partial charge in [-0.15, -0.1) is 0 Å². The van der Waals surface area contributed by atoms with E-state index in [9.17, 15) is 18.0 Å². The Hall–Kier alpha value is -0.790. The third kappa shape index (κ3) is 3.61. The van der Waals surface area contributed by atoms with Gasteiger partial charge in [-0.05, 0) is 24.6 Å². The molecule has 8 heteroatoms. The van der Waals surface area contributed by atoms with E-state index < -0.39 is 17.7 Å². The van der Waals surface area contributed by atoms with E-state index >= 15 is 0 Å². The maximum Gasteiger partial charge on any atom is 0.417 e. The molecule has 0 fully saturated rings. The zero-order chi connectivity index (χ0) is 14.8. The molecule has 0 spiro atoms. The molecule has 0 aliphatic heterocycles.